The molecule has 4 rings (SSSR count). The predicted octanol–water partition coefficient (Wildman–Crippen LogP) is 2.93. The van der Waals surface area contributed by atoms with Gasteiger partial charge in [-0.25, -0.2) is 9.59 Å². The van der Waals surface area contributed by atoms with Gasteiger partial charge in [0.2, 0.25) is 0 Å². The van der Waals surface area contributed by atoms with Crippen molar-refractivity contribution in [3.05, 3.63) is 68.9 Å². The van der Waals surface area contributed by atoms with Crippen LogP contribution in [0.15, 0.2) is 52.1 Å². The topological polar surface area (TPSA) is 126 Å². The summed E-state index contributed by atoms with van der Waals surface area (Å²) >= 11 is 0. The quantitative estimate of drug-likeness (QED) is 0.251. The Morgan fingerprint density at radius 1 is 1.00 bits per heavy atom. The monoisotopic (exact) mass is 523 g/mol. The average Bonchev–Trinajstić information content (AvgIpc) is 2.93. The maximum Gasteiger partial charge on any atom is 0.350 e. The Kier molecular flexibility index (Phi) is 8.72. The molecule has 2 heterocycles. The van der Waals surface area contributed by atoms with Gasteiger partial charge in [0.05, 0.1) is 29.7 Å². The smallest absolute Gasteiger partial charge is 0.350 e. The summed E-state index contributed by atoms with van der Waals surface area (Å²) in [6.07, 6.45) is 3.48. The van der Waals surface area contributed by atoms with Crippen LogP contribution in [0.25, 0.3) is 10.9 Å². The average molecular weight is 524 g/mol. The van der Waals surface area contributed by atoms with Crippen LogP contribution in [0, 0.1) is 0 Å². The van der Waals surface area contributed by atoms with Gasteiger partial charge in [0.15, 0.2) is 5.78 Å². The van der Waals surface area contributed by atoms with Crippen molar-refractivity contribution in [3.8, 4) is 0 Å². The lowest BCUT2D eigenvalue weighted by Gasteiger charge is -2.27. The van der Waals surface area contributed by atoms with Crippen molar-refractivity contribution in [2.24, 2.45) is 0 Å². The minimum absolute atomic E-state index is 0.0985. The van der Waals surface area contributed by atoms with Crippen LogP contribution in [-0.2, 0) is 17.8 Å². The lowest BCUT2D eigenvalue weighted by Crippen LogP contribution is -2.43. The van der Waals surface area contributed by atoms with E-state index in [4.69, 9.17) is 4.74 Å². The second kappa shape index (κ2) is 12.2. The fraction of sp³-hybridized carbons (Fsp3) is 0.407. The van der Waals surface area contributed by atoms with E-state index in [1.54, 1.807) is 28.8 Å². The van der Waals surface area contributed by atoms with Gasteiger partial charge in [0.1, 0.15) is 0 Å². The van der Waals surface area contributed by atoms with Gasteiger partial charge in [-0.15, -0.1) is 0 Å². The summed E-state index contributed by atoms with van der Waals surface area (Å²) in [6, 6.07) is 9.86. The number of nitrogens with one attached hydrogen (secondary N) is 1. The molecule has 0 radical (unpaired) electrons. The third kappa shape index (κ3) is 6.01. The van der Waals surface area contributed by atoms with Gasteiger partial charge in [-0.3, -0.25) is 23.9 Å². The number of likely N-dealkylation sites (tertiary alicyclic amines) is 1. The Morgan fingerprint density at radius 3 is 2.47 bits per heavy atom. The van der Waals surface area contributed by atoms with Gasteiger partial charge >= 0.3 is 11.7 Å². The van der Waals surface area contributed by atoms with Gasteiger partial charge in [0.25, 0.3) is 5.56 Å². The number of ketones is 1. The molecule has 11 heteroatoms. The van der Waals surface area contributed by atoms with E-state index in [2.05, 4.69) is 10.2 Å². The molecule has 2 aromatic carbocycles. The first-order valence-electron chi connectivity index (χ1n) is 12.7. The van der Waals surface area contributed by atoms with Crippen molar-refractivity contribution < 1.29 is 19.5 Å². The summed E-state index contributed by atoms with van der Waals surface area (Å²) in [4.78, 5) is 53.3. The van der Waals surface area contributed by atoms with Crippen molar-refractivity contribution in [2.75, 3.05) is 43.7 Å². The largest absolute Gasteiger partial charge is 0.383 e. The highest BCUT2D eigenvalue weighted by molar-refractivity contribution is 6.02. The van der Waals surface area contributed by atoms with Crippen molar-refractivity contribution in [3.63, 3.8) is 0 Å². The zero-order valence-corrected chi connectivity index (χ0v) is 21.7. The first kappa shape index (κ1) is 27.2. The standard InChI is InChI=1S/C27H33N5O6/c1-19(33)20-7-6-8-22(17-20)32(37)26(35)28-21-9-10-24-23(18-21)25(34)31(15-16-38-2)27(36)30(24)14-13-29-11-4-3-5-12-29/h6-10,17-18,37H,3-5,11-16H2,1-2H3,(H,28,35). The van der Waals surface area contributed by atoms with Crippen LogP contribution >= 0.6 is 0 Å². The van der Waals surface area contributed by atoms with Crippen molar-refractivity contribution >= 4 is 34.1 Å². The summed E-state index contributed by atoms with van der Waals surface area (Å²) < 4.78 is 7.85. The Balaban J connectivity index is 1.65. The summed E-state index contributed by atoms with van der Waals surface area (Å²) in [5, 5.41) is 13.7. The normalized spacial score (nSPS) is 14.0. The number of carbonyl (C=O) groups excluding carboxylic acids is 2. The second-order valence-electron chi connectivity index (χ2n) is 9.37. The second-order valence-corrected chi connectivity index (χ2v) is 9.37. The summed E-state index contributed by atoms with van der Waals surface area (Å²) in [6.45, 7) is 4.77. The number of fused-ring (bicyclic) bond motifs is 1. The highest BCUT2D eigenvalue weighted by atomic mass is 16.5. The van der Waals surface area contributed by atoms with Crippen LogP contribution in [0.5, 0.6) is 0 Å². The molecule has 1 saturated heterocycles. The predicted molar refractivity (Wildman–Crippen MR) is 144 cm³/mol. The van der Waals surface area contributed by atoms with Crippen molar-refractivity contribution in [1.29, 1.82) is 0 Å². The number of carbonyl (C=O) groups is 2. The molecule has 11 nitrogen and oxygen atoms in total. The summed E-state index contributed by atoms with van der Waals surface area (Å²) in [5.74, 6) is -0.203. The number of ether oxygens (including phenoxy) is 1. The lowest BCUT2D eigenvalue weighted by molar-refractivity contribution is 0.101. The molecule has 0 atom stereocenters. The first-order valence-corrected chi connectivity index (χ1v) is 12.7. The molecule has 1 aromatic heterocycles. The van der Waals surface area contributed by atoms with Crippen LogP contribution < -0.4 is 21.6 Å². The molecule has 2 amide bonds. The van der Waals surface area contributed by atoms with Crippen LogP contribution in [0.3, 0.4) is 0 Å². The zero-order valence-electron chi connectivity index (χ0n) is 21.7. The molecule has 3 aromatic rings. The number of hydrogen-bond acceptors (Lipinski definition) is 7. The van der Waals surface area contributed by atoms with Gasteiger partial charge < -0.3 is 15.0 Å². The number of hydrogen-bond donors (Lipinski definition) is 2. The highest BCUT2D eigenvalue weighted by Crippen LogP contribution is 2.19. The number of urea groups is 1. The molecular weight excluding hydrogens is 490 g/mol. The van der Waals surface area contributed by atoms with Gasteiger partial charge in [-0.1, -0.05) is 18.6 Å². The molecular formula is C27H33N5O6. The molecule has 1 aliphatic rings. The van der Waals surface area contributed by atoms with E-state index in [9.17, 15) is 24.4 Å². The third-order valence-corrected chi connectivity index (χ3v) is 6.77. The van der Waals surface area contributed by atoms with E-state index in [-0.39, 0.29) is 35.7 Å². The number of piperidine rings is 1. The number of Topliss-reactive ketones (excluding diaryl/α,β-unsaturated/α-hetero) is 1. The molecule has 1 aliphatic heterocycles. The fourth-order valence-electron chi connectivity index (χ4n) is 4.67. The van der Waals surface area contributed by atoms with Crippen LogP contribution in [0.1, 0.15) is 36.5 Å². The minimum atomic E-state index is -0.872. The molecule has 0 bridgehead atoms. The van der Waals surface area contributed by atoms with Gasteiger partial charge in [0, 0.05) is 31.5 Å². The lowest BCUT2D eigenvalue weighted by atomic mass is 10.1. The van der Waals surface area contributed by atoms with Crippen LogP contribution in [0.4, 0.5) is 16.2 Å². The molecule has 2 N–H and O–H groups in total. The number of nitrogens with zero attached hydrogens (tertiary/aromatic N) is 4. The third-order valence-electron chi connectivity index (χ3n) is 6.77. The van der Waals surface area contributed by atoms with Gasteiger partial charge in [-0.05, 0) is 63.2 Å². The van der Waals surface area contributed by atoms with E-state index in [0.717, 1.165) is 30.5 Å². The maximum absolute atomic E-state index is 13.3. The minimum Gasteiger partial charge on any atom is -0.383 e. The van der Waals surface area contributed by atoms with E-state index < -0.39 is 17.3 Å². The van der Waals surface area contributed by atoms with E-state index in [1.807, 2.05) is 0 Å². The number of hydroxylamine groups is 1. The Morgan fingerprint density at radius 2 is 1.76 bits per heavy atom. The Labute approximate surface area is 219 Å². The number of amides is 2. The zero-order chi connectivity index (χ0) is 27.2. The van der Waals surface area contributed by atoms with Crippen LogP contribution in [-0.4, -0.2) is 64.4 Å². The SMILES string of the molecule is COCCn1c(=O)c2cc(NC(=O)N(O)c3cccc(C(C)=O)c3)ccc2n(CCN2CCCCC2)c1=O. The number of rotatable bonds is 9. The molecule has 0 spiro atoms. The van der Waals surface area contributed by atoms with Crippen molar-refractivity contribution in [1.82, 2.24) is 14.0 Å². The number of benzene rings is 2. The van der Waals surface area contributed by atoms with Crippen LogP contribution in [0.2, 0.25) is 0 Å². The van der Waals surface area contributed by atoms with E-state index in [1.165, 1.54) is 38.7 Å². The summed E-state index contributed by atoms with van der Waals surface area (Å²) in [7, 11) is 1.50. The number of anilines is 2. The molecule has 38 heavy (non-hydrogen) atoms. The molecule has 0 saturated carbocycles. The summed E-state index contributed by atoms with van der Waals surface area (Å²) in [5.41, 5.74) is 0.311. The van der Waals surface area contributed by atoms with Gasteiger partial charge in [-0.2, -0.15) is 5.06 Å². The van der Waals surface area contributed by atoms with E-state index in [0.29, 0.717) is 29.2 Å². The highest BCUT2D eigenvalue weighted by Gasteiger charge is 2.18. The maximum atomic E-state index is 13.3. The molecule has 0 aliphatic carbocycles. The number of methoxy groups -OCH3 is 1. The first-order chi connectivity index (χ1) is 18.3. The van der Waals surface area contributed by atoms with Crippen molar-refractivity contribution in [2.45, 2.75) is 39.3 Å². The molecule has 1 fully saturated rings. The Bertz CT molecular complexity index is 1440. The Hall–Kier alpha value is -3.80. The molecule has 202 valence electrons. The number of aromatic nitrogens is 2. The van der Waals surface area contributed by atoms with E-state index >= 15 is 0 Å². The molecule has 0 unspecified atom stereocenters. The fourth-order valence-corrected chi connectivity index (χ4v) is 4.67.